The lowest BCUT2D eigenvalue weighted by Gasteiger charge is -2.11. The zero-order chi connectivity index (χ0) is 21.1. The summed E-state index contributed by atoms with van der Waals surface area (Å²) in [6.07, 6.45) is 2.32. The fraction of sp³-hybridized carbons (Fsp3) is 0.333. The Balaban J connectivity index is 1.39. The number of hydrogen-bond donors (Lipinski definition) is 1. The van der Waals surface area contributed by atoms with Gasteiger partial charge in [0, 0.05) is 32.1 Å². The molecule has 2 heterocycles. The van der Waals surface area contributed by atoms with Crippen LogP contribution < -0.4 is 14.8 Å². The first kappa shape index (κ1) is 20.2. The van der Waals surface area contributed by atoms with Crippen LogP contribution in [0.4, 0.5) is 5.69 Å². The third kappa shape index (κ3) is 4.56. The van der Waals surface area contributed by atoms with Crippen LogP contribution in [0.15, 0.2) is 51.8 Å². The molecule has 1 fully saturated rings. The molecule has 9 heteroatoms. The molecule has 0 radical (unpaired) electrons. The number of amides is 1. The van der Waals surface area contributed by atoms with Gasteiger partial charge in [0.25, 0.3) is 10.0 Å². The molecule has 30 heavy (non-hydrogen) atoms. The predicted molar refractivity (Wildman–Crippen MR) is 112 cm³/mol. The first-order valence-corrected chi connectivity index (χ1v) is 11.2. The molecule has 0 saturated carbocycles. The molecule has 2 aromatic carbocycles. The zero-order valence-corrected chi connectivity index (χ0v) is 17.4. The molecule has 8 nitrogen and oxygen atoms in total. The lowest BCUT2D eigenvalue weighted by molar-refractivity contribution is -0.116. The van der Waals surface area contributed by atoms with E-state index in [9.17, 15) is 13.2 Å². The molecule has 2 aliphatic rings. The summed E-state index contributed by atoms with van der Waals surface area (Å²) in [6, 6.07) is 11.8. The fourth-order valence-corrected chi connectivity index (χ4v) is 4.55. The summed E-state index contributed by atoms with van der Waals surface area (Å²) in [5, 5.41) is 2.76. The number of hydrogen-bond acceptors (Lipinski definition) is 5. The molecular formula is C21H23N3O5S. The van der Waals surface area contributed by atoms with E-state index in [1.54, 1.807) is 12.1 Å². The van der Waals surface area contributed by atoms with Gasteiger partial charge < -0.3 is 19.7 Å². The molecule has 0 atom stereocenters. The average molecular weight is 429 g/mol. The summed E-state index contributed by atoms with van der Waals surface area (Å²) in [5.74, 6) is 1.74. The van der Waals surface area contributed by atoms with E-state index in [-0.39, 0.29) is 24.0 Å². The minimum Gasteiger partial charge on any atom is -0.454 e. The number of fused-ring (bicyclic) bond motifs is 1. The van der Waals surface area contributed by atoms with Crippen LogP contribution in [0.25, 0.3) is 0 Å². The predicted octanol–water partition coefficient (Wildman–Crippen LogP) is 2.80. The molecule has 1 saturated heterocycles. The minimum atomic E-state index is -3.83. The maximum Gasteiger partial charge on any atom is 0.284 e. The van der Waals surface area contributed by atoms with Crippen molar-refractivity contribution in [2.45, 2.75) is 30.6 Å². The number of amidine groups is 1. The Hall–Kier alpha value is -3.07. The first-order valence-electron chi connectivity index (χ1n) is 9.74. The molecule has 0 aromatic heterocycles. The number of carbonyl (C=O) groups excluding carboxylic acids is 1. The van der Waals surface area contributed by atoms with Crippen molar-refractivity contribution in [2.75, 3.05) is 25.7 Å². The van der Waals surface area contributed by atoms with Crippen molar-refractivity contribution in [2.24, 2.45) is 4.40 Å². The van der Waals surface area contributed by atoms with E-state index in [0.29, 0.717) is 35.9 Å². The smallest absolute Gasteiger partial charge is 0.284 e. The Kier molecular flexibility index (Phi) is 5.63. The molecule has 2 aromatic rings. The third-order valence-corrected chi connectivity index (χ3v) is 6.35. The van der Waals surface area contributed by atoms with Gasteiger partial charge in [0.1, 0.15) is 5.84 Å². The summed E-state index contributed by atoms with van der Waals surface area (Å²) in [7, 11) is -2.00. The monoisotopic (exact) mass is 429 g/mol. The summed E-state index contributed by atoms with van der Waals surface area (Å²) in [5.41, 5.74) is 1.38. The van der Waals surface area contributed by atoms with Crippen LogP contribution in [-0.2, 0) is 21.2 Å². The van der Waals surface area contributed by atoms with E-state index in [0.717, 1.165) is 18.5 Å². The number of nitrogens with zero attached hydrogens (tertiary/aromatic N) is 2. The number of likely N-dealkylation sites (tertiary alicyclic amines) is 1. The number of rotatable bonds is 6. The highest BCUT2D eigenvalue weighted by atomic mass is 32.2. The summed E-state index contributed by atoms with van der Waals surface area (Å²) in [6.45, 7) is 1.01. The van der Waals surface area contributed by atoms with Gasteiger partial charge in [-0.25, -0.2) is 0 Å². The van der Waals surface area contributed by atoms with Crippen molar-refractivity contribution >= 4 is 27.5 Å². The number of benzene rings is 2. The van der Waals surface area contributed by atoms with Crippen LogP contribution >= 0.6 is 0 Å². The van der Waals surface area contributed by atoms with Crippen LogP contribution in [0.2, 0.25) is 0 Å². The highest BCUT2D eigenvalue weighted by molar-refractivity contribution is 7.90. The second kappa shape index (κ2) is 8.35. The Morgan fingerprint density at radius 1 is 1.17 bits per heavy atom. The highest BCUT2D eigenvalue weighted by Gasteiger charge is 2.20. The first-order chi connectivity index (χ1) is 14.4. The van der Waals surface area contributed by atoms with E-state index in [1.807, 2.05) is 30.1 Å². The number of sulfonamides is 1. The van der Waals surface area contributed by atoms with Crippen molar-refractivity contribution in [1.82, 2.24) is 4.90 Å². The Labute approximate surface area is 175 Å². The standard InChI is InChI=1S/C21H23N3O5S/c1-24-11-3-6-20(24)23-30(26,27)17-5-2-4-16(13-17)22-21(25)10-8-15-7-9-18-19(12-15)29-14-28-18/h2,4-5,7,9,12-13H,3,6,8,10-11,14H2,1H3,(H,22,25)/b23-20+. The van der Waals surface area contributed by atoms with E-state index in [2.05, 4.69) is 9.71 Å². The number of aryl methyl sites for hydroxylation is 1. The van der Waals surface area contributed by atoms with E-state index < -0.39 is 10.0 Å². The minimum absolute atomic E-state index is 0.0591. The van der Waals surface area contributed by atoms with Crippen molar-refractivity contribution < 1.29 is 22.7 Å². The number of carbonyl (C=O) groups is 1. The molecule has 0 unspecified atom stereocenters. The summed E-state index contributed by atoms with van der Waals surface area (Å²) >= 11 is 0. The van der Waals surface area contributed by atoms with Gasteiger partial charge in [-0.3, -0.25) is 4.79 Å². The zero-order valence-electron chi connectivity index (χ0n) is 16.6. The fourth-order valence-electron chi connectivity index (χ4n) is 3.41. The largest absolute Gasteiger partial charge is 0.454 e. The molecule has 158 valence electrons. The van der Waals surface area contributed by atoms with Crippen LogP contribution in [0, 0.1) is 0 Å². The normalized spacial score (nSPS) is 16.8. The van der Waals surface area contributed by atoms with Gasteiger partial charge in [-0.1, -0.05) is 12.1 Å². The van der Waals surface area contributed by atoms with Crippen LogP contribution in [0.1, 0.15) is 24.8 Å². The van der Waals surface area contributed by atoms with Crippen molar-refractivity contribution in [3.63, 3.8) is 0 Å². The SMILES string of the molecule is CN1CCC/C1=N\S(=O)(=O)c1cccc(NC(=O)CCc2ccc3c(c2)OCO3)c1. The van der Waals surface area contributed by atoms with Crippen LogP contribution in [-0.4, -0.2) is 45.4 Å². The van der Waals surface area contributed by atoms with E-state index in [1.165, 1.54) is 12.1 Å². The van der Waals surface area contributed by atoms with Crippen molar-refractivity contribution in [3.05, 3.63) is 48.0 Å². The quantitative estimate of drug-likeness (QED) is 0.758. The van der Waals surface area contributed by atoms with Gasteiger partial charge in [0.15, 0.2) is 11.5 Å². The van der Waals surface area contributed by atoms with Crippen LogP contribution in [0.5, 0.6) is 11.5 Å². The Morgan fingerprint density at radius 3 is 2.80 bits per heavy atom. The molecule has 0 aliphatic carbocycles. The topological polar surface area (TPSA) is 97.3 Å². The lowest BCUT2D eigenvalue weighted by atomic mass is 10.1. The van der Waals surface area contributed by atoms with Crippen molar-refractivity contribution in [1.29, 1.82) is 0 Å². The number of anilines is 1. The molecule has 4 rings (SSSR count). The van der Waals surface area contributed by atoms with Gasteiger partial charge in [-0.05, 0) is 48.7 Å². The molecule has 0 spiro atoms. The molecule has 1 N–H and O–H groups in total. The number of ether oxygens (including phenoxy) is 2. The second-order valence-corrected chi connectivity index (χ2v) is 8.88. The molecule has 1 amide bonds. The number of nitrogens with one attached hydrogen (secondary N) is 1. The Bertz CT molecular complexity index is 1100. The van der Waals surface area contributed by atoms with Gasteiger partial charge in [-0.2, -0.15) is 8.42 Å². The highest BCUT2D eigenvalue weighted by Crippen LogP contribution is 2.32. The maximum absolute atomic E-state index is 12.6. The molecular weight excluding hydrogens is 406 g/mol. The van der Waals surface area contributed by atoms with Gasteiger partial charge in [0.2, 0.25) is 12.7 Å². The molecule has 2 aliphatic heterocycles. The van der Waals surface area contributed by atoms with Gasteiger partial charge in [0.05, 0.1) is 4.90 Å². The maximum atomic E-state index is 12.6. The van der Waals surface area contributed by atoms with E-state index >= 15 is 0 Å². The van der Waals surface area contributed by atoms with Gasteiger partial charge >= 0.3 is 0 Å². The lowest BCUT2D eigenvalue weighted by Crippen LogP contribution is -2.20. The second-order valence-electron chi connectivity index (χ2n) is 7.27. The van der Waals surface area contributed by atoms with Crippen molar-refractivity contribution in [3.8, 4) is 11.5 Å². The average Bonchev–Trinajstić information content (AvgIpc) is 3.35. The third-order valence-electron chi connectivity index (χ3n) is 5.05. The summed E-state index contributed by atoms with van der Waals surface area (Å²) < 4.78 is 39.8. The van der Waals surface area contributed by atoms with E-state index in [4.69, 9.17) is 9.47 Å². The van der Waals surface area contributed by atoms with Gasteiger partial charge in [-0.15, -0.1) is 4.40 Å². The Morgan fingerprint density at radius 2 is 2.00 bits per heavy atom. The molecule has 0 bridgehead atoms. The van der Waals surface area contributed by atoms with Crippen LogP contribution in [0.3, 0.4) is 0 Å². The summed E-state index contributed by atoms with van der Waals surface area (Å²) in [4.78, 5) is 14.3.